The average molecular weight is 453 g/mol. The minimum absolute atomic E-state index is 0.0895. The molecule has 7 heteroatoms. The third-order valence-electron chi connectivity index (χ3n) is 6.13. The molecule has 3 aromatic carbocycles. The summed E-state index contributed by atoms with van der Waals surface area (Å²) in [6, 6.07) is 27.1. The van der Waals surface area contributed by atoms with Crippen LogP contribution in [0.2, 0.25) is 0 Å². The SMILES string of the molecule is Cc1nn(-c2ccccc2)c2c1C1(SCC(=O)N2)C(=O)N(c2ccccc2)c2ccccc21. The summed E-state index contributed by atoms with van der Waals surface area (Å²) >= 11 is 1.36. The normalized spacial score (nSPS) is 19.2. The molecular weight excluding hydrogens is 432 g/mol. The van der Waals surface area contributed by atoms with Gasteiger partial charge in [-0.25, -0.2) is 4.68 Å². The zero-order chi connectivity index (χ0) is 22.6. The lowest BCUT2D eigenvalue weighted by Gasteiger charge is -2.27. The first-order chi connectivity index (χ1) is 16.1. The number of nitrogens with one attached hydrogen (secondary N) is 1. The minimum atomic E-state index is -1.09. The Morgan fingerprint density at radius 1 is 0.879 bits per heavy atom. The Kier molecular flexibility index (Phi) is 4.41. The van der Waals surface area contributed by atoms with Crippen molar-refractivity contribution >= 4 is 40.8 Å². The largest absolute Gasteiger partial charge is 0.310 e. The number of thioether (sulfide) groups is 1. The van der Waals surface area contributed by atoms with E-state index in [9.17, 15) is 9.59 Å². The summed E-state index contributed by atoms with van der Waals surface area (Å²) in [6.07, 6.45) is 0. The molecular formula is C26H20N4O2S. The quantitative estimate of drug-likeness (QED) is 0.475. The standard InChI is InChI=1S/C26H20N4O2S/c1-17-23-24(30(28-17)19-12-6-3-7-13-19)27-22(31)16-33-26(23)20-14-8-9-15-21(20)29(25(26)32)18-10-4-2-5-11-18/h2-15H,16H2,1H3,(H,27,31). The van der Waals surface area contributed by atoms with E-state index in [0.717, 1.165) is 28.2 Å². The van der Waals surface area contributed by atoms with E-state index in [-0.39, 0.29) is 17.6 Å². The molecule has 1 aromatic heterocycles. The van der Waals surface area contributed by atoms with Crippen molar-refractivity contribution in [2.75, 3.05) is 16.0 Å². The average Bonchev–Trinajstić information content (AvgIpc) is 3.23. The Hall–Kier alpha value is -3.84. The van der Waals surface area contributed by atoms with Gasteiger partial charge in [0.1, 0.15) is 5.82 Å². The maximum Gasteiger partial charge on any atom is 0.257 e. The van der Waals surface area contributed by atoms with E-state index in [1.807, 2.05) is 91.9 Å². The van der Waals surface area contributed by atoms with Crippen LogP contribution >= 0.6 is 11.8 Å². The first-order valence-corrected chi connectivity index (χ1v) is 11.7. The molecule has 6 rings (SSSR count). The van der Waals surface area contributed by atoms with Gasteiger partial charge >= 0.3 is 0 Å². The highest BCUT2D eigenvalue weighted by Gasteiger charge is 2.57. The van der Waals surface area contributed by atoms with Crippen molar-refractivity contribution in [3.63, 3.8) is 0 Å². The van der Waals surface area contributed by atoms with E-state index in [1.54, 1.807) is 9.58 Å². The number of hydrogen-bond donors (Lipinski definition) is 1. The van der Waals surface area contributed by atoms with E-state index < -0.39 is 4.75 Å². The Balaban J connectivity index is 1.65. The number of aryl methyl sites for hydroxylation is 1. The molecule has 162 valence electrons. The number of benzene rings is 3. The number of aromatic nitrogens is 2. The maximum absolute atomic E-state index is 14.4. The topological polar surface area (TPSA) is 67.2 Å². The second-order valence-corrected chi connectivity index (χ2v) is 9.26. The molecule has 0 aliphatic carbocycles. The smallest absolute Gasteiger partial charge is 0.257 e. The van der Waals surface area contributed by atoms with Gasteiger partial charge in [0.25, 0.3) is 5.91 Å². The Labute approximate surface area is 195 Å². The fraction of sp³-hybridized carbons (Fsp3) is 0.115. The maximum atomic E-state index is 14.4. The molecule has 1 N–H and O–H groups in total. The van der Waals surface area contributed by atoms with Gasteiger partial charge in [0.2, 0.25) is 5.91 Å². The van der Waals surface area contributed by atoms with Gasteiger partial charge in [0, 0.05) is 16.8 Å². The van der Waals surface area contributed by atoms with Crippen molar-refractivity contribution in [3.05, 3.63) is 102 Å². The predicted molar refractivity (Wildman–Crippen MR) is 130 cm³/mol. The first-order valence-electron chi connectivity index (χ1n) is 10.7. The number of carbonyl (C=O) groups excluding carboxylic acids is 2. The van der Waals surface area contributed by atoms with Gasteiger partial charge < -0.3 is 5.32 Å². The van der Waals surface area contributed by atoms with Crippen molar-refractivity contribution in [1.29, 1.82) is 0 Å². The minimum Gasteiger partial charge on any atom is -0.310 e. The van der Waals surface area contributed by atoms with Gasteiger partial charge in [-0.1, -0.05) is 54.6 Å². The van der Waals surface area contributed by atoms with E-state index in [4.69, 9.17) is 5.10 Å². The highest BCUT2D eigenvalue weighted by atomic mass is 32.2. The van der Waals surface area contributed by atoms with Gasteiger partial charge in [0.15, 0.2) is 4.75 Å². The molecule has 4 aromatic rings. The van der Waals surface area contributed by atoms with Crippen molar-refractivity contribution in [3.8, 4) is 5.69 Å². The zero-order valence-corrected chi connectivity index (χ0v) is 18.7. The number of carbonyl (C=O) groups is 2. The van der Waals surface area contributed by atoms with E-state index in [2.05, 4.69) is 5.32 Å². The summed E-state index contributed by atoms with van der Waals surface area (Å²) in [4.78, 5) is 29.0. The van der Waals surface area contributed by atoms with Gasteiger partial charge in [-0.2, -0.15) is 5.10 Å². The monoisotopic (exact) mass is 452 g/mol. The van der Waals surface area contributed by atoms with Crippen molar-refractivity contribution in [1.82, 2.24) is 9.78 Å². The molecule has 0 fully saturated rings. The lowest BCUT2D eigenvalue weighted by atomic mass is 9.91. The highest BCUT2D eigenvalue weighted by Crippen LogP contribution is 2.58. The molecule has 0 saturated heterocycles. The number of para-hydroxylation sites is 3. The van der Waals surface area contributed by atoms with Crippen LogP contribution in [-0.2, 0) is 14.3 Å². The molecule has 0 radical (unpaired) electrons. The Morgan fingerprint density at radius 2 is 1.52 bits per heavy atom. The molecule has 33 heavy (non-hydrogen) atoms. The van der Waals surface area contributed by atoms with Crippen LogP contribution in [0.5, 0.6) is 0 Å². The fourth-order valence-corrected chi connectivity index (χ4v) is 6.15. The predicted octanol–water partition coefficient (Wildman–Crippen LogP) is 4.79. The molecule has 1 spiro atoms. The van der Waals surface area contributed by atoms with E-state index in [1.165, 1.54) is 11.8 Å². The molecule has 1 atom stereocenters. The van der Waals surface area contributed by atoms with Crippen LogP contribution in [0.3, 0.4) is 0 Å². The molecule has 0 bridgehead atoms. The van der Waals surface area contributed by atoms with Gasteiger partial charge in [-0.15, -0.1) is 11.8 Å². The fourth-order valence-electron chi connectivity index (χ4n) is 4.80. The molecule has 1 unspecified atom stereocenters. The molecule has 6 nitrogen and oxygen atoms in total. The second-order valence-electron chi connectivity index (χ2n) is 8.07. The highest BCUT2D eigenvalue weighted by molar-refractivity contribution is 8.01. The van der Waals surface area contributed by atoms with E-state index in [0.29, 0.717) is 11.5 Å². The number of hydrogen-bond acceptors (Lipinski definition) is 4. The number of anilines is 3. The van der Waals surface area contributed by atoms with Crippen LogP contribution in [0.4, 0.5) is 17.2 Å². The first kappa shape index (κ1) is 19.8. The van der Waals surface area contributed by atoms with Gasteiger partial charge in [-0.3, -0.25) is 14.5 Å². The van der Waals surface area contributed by atoms with Crippen LogP contribution < -0.4 is 10.2 Å². The van der Waals surface area contributed by atoms with Gasteiger partial charge in [-0.05, 0) is 37.3 Å². The summed E-state index contributed by atoms with van der Waals surface area (Å²) < 4.78 is 0.648. The lowest BCUT2D eigenvalue weighted by Crippen LogP contribution is -2.37. The van der Waals surface area contributed by atoms with Crippen molar-refractivity contribution in [2.24, 2.45) is 0 Å². The van der Waals surface area contributed by atoms with Gasteiger partial charge in [0.05, 0.1) is 22.8 Å². The summed E-state index contributed by atoms with van der Waals surface area (Å²) in [5.74, 6) is 0.463. The number of rotatable bonds is 2. The lowest BCUT2D eigenvalue weighted by molar-refractivity contribution is -0.118. The summed E-state index contributed by atoms with van der Waals surface area (Å²) in [5.41, 5.74) is 4.76. The summed E-state index contributed by atoms with van der Waals surface area (Å²) in [6.45, 7) is 1.90. The van der Waals surface area contributed by atoms with E-state index >= 15 is 0 Å². The second kappa shape index (κ2) is 7.35. The Morgan fingerprint density at radius 3 is 2.24 bits per heavy atom. The Bertz CT molecular complexity index is 1400. The number of fused-ring (bicyclic) bond motifs is 4. The van der Waals surface area contributed by atoms with Crippen LogP contribution in [-0.4, -0.2) is 27.3 Å². The molecule has 2 amide bonds. The summed E-state index contributed by atoms with van der Waals surface area (Å²) in [5, 5.41) is 7.82. The molecule has 0 saturated carbocycles. The number of amides is 2. The van der Waals surface area contributed by atoms with Crippen molar-refractivity contribution < 1.29 is 9.59 Å². The third-order valence-corrected chi connectivity index (χ3v) is 7.57. The molecule has 2 aliphatic heterocycles. The van der Waals surface area contributed by atoms with Crippen LogP contribution in [0.25, 0.3) is 5.69 Å². The van der Waals surface area contributed by atoms with Crippen LogP contribution in [0.15, 0.2) is 84.9 Å². The van der Waals surface area contributed by atoms with Crippen LogP contribution in [0, 0.1) is 6.92 Å². The molecule has 2 aliphatic rings. The number of nitrogens with zero attached hydrogens (tertiary/aromatic N) is 3. The third kappa shape index (κ3) is 2.79. The zero-order valence-electron chi connectivity index (χ0n) is 17.9. The molecule has 3 heterocycles. The summed E-state index contributed by atoms with van der Waals surface area (Å²) in [7, 11) is 0. The van der Waals surface area contributed by atoms with Crippen LogP contribution in [0.1, 0.15) is 16.8 Å². The van der Waals surface area contributed by atoms with Crippen molar-refractivity contribution in [2.45, 2.75) is 11.7 Å².